The summed E-state index contributed by atoms with van der Waals surface area (Å²) < 4.78 is 31.0. The number of aromatic nitrogens is 3. The third-order valence-electron chi connectivity index (χ3n) is 7.36. The van der Waals surface area contributed by atoms with Gasteiger partial charge in [0.05, 0.1) is 22.4 Å². The molecule has 1 N–H and O–H groups in total. The van der Waals surface area contributed by atoms with Crippen LogP contribution in [0.5, 0.6) is 0 Å². The number of benzene rings is 2. The maximum absolute atomic E-state index is 15.4. The maximum atomic E-state index is 15.4. The molecule has 1 aliphatic heterocycles. The first-order chi connectivity index (χ1) is 20.0. The highest BCUT2D eigenvalue weighted by Gasteiger charge is 2.40. The second-order valence-corrected chi connectivity index (χ2v) is 12.5. The zero-order chi connectivity index (χ0) is 30.2. The first kappa shape index (κ1) is 29.4. The van der Waals surface area contributed by atoms with Crippen molar-refractivity contribution in [2.45, 2.75) is 51.8 Å². The lowest BCUT2D eigenvalue weighted by molar-refractivity contribution is -0.123. The Morgan fingerprint density at radius 3 is 2.60 bits per heavy atom. The Labute approximate surface area is 248 Å². The van der Waals surface area contributed by atoms with Crippen LogP contribution in [0.4, 0.5) is 14.6 Å². The molecule has 1 unspecified atom stereocenters. The van der Waals surface area contributed by atoms with E-state index >= 15 is 4.39 Å². The second-order valence-electron chi connectivity index (χ2n) is 11.4. The lowest BCUT2D eigenvalue weighted by Crippen LogP contribution is -2.42. The highest BCUT2D eigenvalue weighted by molar-refractivity contribution is 8.00. The van der Waals surface area contributed by atoms with Gasteiger partial charge in [0.2, 0.25) is 11.8 Å². The van der Waals surface area contributed by atoms with Crippen molar-refractivity contribution < 1.29 is 18.4 Å². The van der Waals surface area contributed by atoms with E-state index < -0.39 is 22.3 Å². The number of pyridine rings is 1. The first-order valence-electron chi connectivity index (χ1n) is 13.7. The Balaban J connectivity index is 1.70. The SMILES string of the molecule is Cc1cccc(-n2nc(C(C)(C)C)c3c2N(CC(=O)NCc2cccnc2)C(=O)CSC3c2ccc(F)cc2F)c1C. The molecule has 0 spiro atoms. The minimum Gasteiger partial charge on any atom is -0.350 e. The summed E-state index contributed by atoms with van der Waals surface area (Å²) in [6.45, 7) is 9.98. The highest BCUT2D eigenvalue weighted by atomic mass is 32.2. The molecule has 0 fully saturated rings. The van der Waals surface area contributed by atoms with Gasteiger partial charge in [0.25, 0.3) is 0 Å². The van der Waals surface area contributed by atoms with E-state index in [2.05, 4.69) is 10.3 Å². The standard InChI is InChI=1S/C32H33F2N5O2S/c1-19-8-6-10-25(20(19)2)39-31-28(30(37-39)32(3,4)5)29(23-12-11-22(33)14-24(23)34)42-18-27(41)38(31)17-26(40)36-16-21-9-7-13-35-15-21/h6-15,29H,16-18H2,1-5H3,(H,36,40). The molecule has 7 nitrogen and oxygen atoms in total. The Morgan fingerprint density at radius 1 is 1.12 bits per heavy atom. The Hall–Kier alpha value is -4.05. The van der Waals surface area contributed by atoms with Gasteiger partial charge in [-0.15, -0.1) is 11.8 Å². The van der Waals surface area contributed by atoms with Crippen molar-refractivity contribution in [2.75, 3.05) is 17.2 Å². The highest BCUT2D eigenvalue weighted by Crippen LogP contribution is 2.49. The fraction of sp³-hybridized carbons (Fsp3) is 0.312. The van der Waals surface area contributed by atoms with Crippen molar-refractivity contribution in [3.63, 3.8) is 0 Å². The van der Waals surface area contributed by atoms with E-state index in [9.17, 15) is 14.0 Å². The van der Waals surface area contributed by atoms with Crippen LogP contribution in [0.3, 0.4) is 0 Å². The van der Waals surface area contributed by atoms with Gasteiger partial charge in [0, 0.05) is 41.5 Å². The normalized spacial score (nSPS) is 15.4. The van der Waals surface area contributed by atoms with Gasteiger partial charge < -0.3 is 5.32 Å². The molecule has 2 aromatic heterocycles. The smallest absolute Gasteiger partial charge is 0.240 e. The number of carbonyl (C=O) groups excluding carboxylic acids is 2. The number of carbonyl (C=O) groups is 2. The van der Waals surface area contributed by atoms with Crippen LogP contribution in [0, 0.1) is 25.5 Å². The predicted octanol–water partition coefficient (Wildman–Crippen LogP) is 5.95. The summed E-state index contributed by atoms with van der Waals surface area (Å²) in [6, 6.07) is 13.0. The lowest BCUT2D eigenvalue weighted by atomic mass is 9.87. The Morgan fingerprint density at radius 2 is 1.90 bits per heavy atom. The van der Waals surface area contributed by atoms with Crippen LogP contribution in [0.2, 0.25) is 0 Å². The number of aryl methyl sites for hydroxylation is 1. The number of halogens is 2. The summed E-state index contributed by atoms with van der Waals surface area (Å²) in [5.74, 6) is -1.65. The molecule has 0 radical (unpaired) electrons. The average molecular weight is 590 g/mol. The van der Waals surface area contributed by atoms with Crippen molar-refractivity contribution in [1.82, 2.24) is 20.1 Å². The molecule has 2 amide bonds. The van der Waals surface area contributed by atoms with Gasteiger partial charge in [-0.25, -0.2) is 13.5 Å². The van der Waals surface area contributed by atoms with Crippen LogP contribution >= 0.6 is 11.8 Å². The number of rotatable bonds is 6. The predicted molar refractivity (Wildman–Crippen MR) is 161 cm³/mol. The molecule has 0 bridgehead atoms. The van der Waals surface area contributed by atoms with Gasteiger partial charge in [0.15, 0.2) is 0 Å². The second kappa shape index (κ2) is 11.7. The quantitative estimate of drug-likeness (QED) is 0.301. The number of thioether (sulfide) groups is 1. The Bertz CT molecular complexity index is 1650. The van der Waals surface area contributed by atoms with Crippen molar-refractivity contribution in [2.24, 2.45) is 0 Å². The maximum Gasteiger partial charge on any atom is 0.240 e. The molecule has 3 heterocycles. The number of amides is 2. The van der Waals surface area contributed by atoms with Gasteiger partial charge >= 0.3 is 0 Å². The van der Waals surface area contributed by atoms with E-state index in [1.807, 2.05) is 58.9 Å². The van der Waals surface area contributed by atoms with Crippen LogP contribution in [0.1, 0.15) is 59.5 Å². The number of nitrogens with zero attached hydrogens (tertiary/aromatic N) is 4. The first-order valence-corrected chi connectivity index (χ1v) is 14.7. The zero-order valence-corrected chi connectivity index (χ0v) is 25.1. The monoisotopic (exact) mass is 589 g/mol. The van der Waals surface area contributed by atoms with Gasteiger partial charge in [-0.05, 0) is 48.7 Å². The summed E-state index contributed by atoms with van der Waals surface area (Å²) in [7, 11) is 0. The Kier molecular flexibility index (Phi) is 8.19. The largest absolute Gasteiger partial charge is 0.350 e. The number of anilines is 1. The van der Waals surface area contributed by atoms with E-state index in [0.717, 1.165) is 28.4 Å². The summed E-state index contributed by atoms with van der Waals surface area (Å²) in [5, 5.41) is 7.27. The van der Waals surface area contributed by atoms with Gasteiger partial charge in [-0.2, -0.15) is 5.10 Å². The van der Waals surface area contributed by atoms with Crippen LogP contribution in [-0.4, -0.2) is 38.9 Å². The molecule has 42 heavy (non-hydrogen) atoms. The molecule has 4 aromatic rings. The van der Waals surface area contributed by atoms with Crippen LogP contribution in [0.15, 0.2) is 60.9 Å². The fourth-order valence-corrected chi connectivity index (χ4v) is 6.29. The average Bonchev–Trinajstić information content (AvgIpc) is 3.28. The molecule has 5 rings (SSSR count). The minimum absolute atomic E-state index is 0.0115. The van der Waals surface area contributed by atoms with E-state index in [0.29, 0.717) is 17.1 Å². The number of nitrogens with one attached hydrogen (secondary N) is 1. The number of hydrogen-bond acceptors (Lipinski definition) is 5. The molecular weight excluding hydrogens is 556 g/mol. The summed E-state index contributed by atoms with van der Waals surface area (Å²) in [5.41, 5.74) is 4.60. The molecule has 1 aliphatic rings. The topological polar surface area (TPSA) is 80.1 Å². The van der Waals surface area contributed by atoms with Gasteiger partial charge in [-0.1, -0.05) is 45.0 Å². The number of fused-ring (bicyclic) bond motifs is 1. The third kappa shape index (κ3) is 5.81. The van der Waals surface area contributed by atoms with Crippen molar-refractivity contribution in [3.05, 3.63) is 106 Å². The van der Waals surface area contributed by atoms with Crippen molar-refractivity contribution >= 4 is 29.4 Å². The minimum atomic E-state index is -0.701. The van der Waals surface area contributed by atoms with E-state index in [1.165, 1.54) is 28.8 Å². The summed E-state index contributed by atoms with van der Waals surface area (Å²) in [6.07, 6.45) is 3.32. The summed E-state index contributed by atoms with van der Waals surface area (Å²) >= 11 is 1.25. The van der Waals surface area contributed by atoms with Crippen LogP contribution in [0.25, 0.3) is 5.69 Å². The van der Waals surface area contributed by atoms with Gasteiger partial charge in [-0.3, -0.25) is 19.5 Å². The molecule has 0 saturated carbocycles. The summed E-state index contributed by atoms with van der Waals surface area (Å²) in [4.78, 5) is 32.7. The molecule has 2 aromatic carbocycles. The zero-order valence-electron chi connectivity index (χ0n) is 24.2. The van der Waals surface area contributed by atoms with Crippen LogP contribution in [-0.2, 0) is 21.5 Å². The van der Waals surface area contributed by atoms with E-state index in [1.54, 1.807) is 23.1 Å². The van der Waals surface area contributed by atoms with E-state index in [-0.39, 0.29) is 36.2 Å². The molecular formula is C32H33F2N5O2S. The van der Waals surface area contributed by atoms with E-state index in [4.69, 9.17) is 5.10 Å². The van der Waals surface area contributed by atoms with Gasteiger partial charge in [0.1, 0.15) is 24.0 Å². The van der Waals surface area contributed by atoms with Crippen molar-refractivity contribution in [3.8, 4) is 5.69 Å². The lowest BCUT2D eigenvalue weighted by Gasteiger charge is -2.25. The van der Waals surface area contributed by atoms with Crippen molar-refractivity contribution in [1.29, 1.82) is 0 Å². The fourth-order valence-electron chi connectivity index (χ4n) is 5.07. The molecule has 0 aliphatic carbocycles. The molecule has 0 saturated heterocycles. The number of hydrogen-bond donors (Lipinski definition) is 1. The molecule has 218 valence electrons. The molecule has 1 atom stereocenters. The van der Waals surface area contributed by atoms with Crippen LogP contribution < -0.4 is 10.2 Å². The third-order valence-corrected chi connectivity index (χ3v) is 8.60. The molecule has 10 heteroatoms.